The number of ether oxygens (including phenoxy) is 1. The van der Waals surface area contributed by atoms with E-state index in [0.717, 1.165) is 25.1 Å². The van der Waals surface area contributed by atoms with E-state index < -0.39 is 0 Å². The third kappa shape index (κ3) is 2.77. The van der Waals surface area contributed by atoms with Crippen molar-refractivity contribution in [3.63, 3.8) is 0 Å². The summed E-state index contributed by atoms with van der Waals surface area (Å²) in [6.07, 6.45) is 2.06. The minimum Gasteiger partial charge on any atom is -0.494 e. The first-order chi connectivity index (χ1) is 8.35. The molecule has 0 aromatic heterocycles. The Balaban J connectivity index is 2.40. The van der Waals surface area contributed by atoms with E-state index in [1.54, 1.807) is 0 Å². The van der Waals surface area contributed by atoms with Crippen LogP contribution < -0.4 is 10.5 Å². The second kappa shape index (κ2) is 5.69. The second-order valence-electron chi connectivity index (χ2n) is 4.13. The highest BCUT2D eigenvalue weighted by molar-refractivity contribution is 5.87. The highest BCUT2D eigenvalue weighted by Gasteiger charge is 2.02. The Bertz CT molecular complexity index is 493. The summed E-state index contributed by atoms with van der Waals surface area (Å²) in [6, 6.07) is 12.7. The molecule has 17 heavy (non-hydrogen) atoms. The number of aryl methyl sites for hydroxylation is 1. The Hall–Kier alpha value is -1.54. The van der Waals surface area contributed by atoms with Crippen LogP contribution in [0.4, 0.5) is 0 Å². The lowest BCUT2D eigenvalue weighted by atomic mass is 10.0. The van der Waals surface area contributed by atoms with Crippen LogP contribution in [0.25, 0.3) is 10.8 Å². The molecule has 0 fully saturated rings. The van der Waals surface area contributed by atoms with Crippen LogP contribution in [0.1, 0.15) is 18.9 Å². The first kappa shape index (κ1) is 11.9. The number of nitrogens with two attached hydrogens (primary N) is 1. The van der Waals surface area contributed by atoms with Crippen molar-refractivity contribution in [1.82, 2.24) is 0 Å². The molecule has 90 valence electrons. The van der Waals surface area contributed by atoms with Crippen molar-refractivity contribution in [1.29, 1.82) is 0 Å². The van der Waals surface area contributed by atoms with Gasteiger partial charge in [-0.25, -0.2) is 0 Å². The lowest BCUT2D eigenvalue weighted by Crippen LogP contribution is -2.00. The van der Waals surface area contributed by atoms with Gasteiger partial charge in [0.05, 0.1) is 6.61 Å². The van der Waals surface area contributed by atoms with Gasteiger partial charge in [0, 0.05) is 0 Å². The molecule has 0 aliphatic rings. The molecule has 0 amide bonds. The summed E-state index contributed by atoms with van der Waals surface area (Å²) >= 11 is 0. The maximum absolute atomic E-state index is 5.57. The molecule has 2 N–H and O–H groups in total. The molecule has 2 nitrogen and oxygen atoms in total. The zero-order chi connectivity index (χ0) is 12.1. The summed E-state index contributed by atoms with van der Waals surface area (Å²) in [4.78, 5) is 0. The van der Waals surface area contributed by atoms with Crippen LogP contribution in [0.2, 0.25) is 0 Å². The molecule has 2 rings (SSSR count). The van der Waals surface area contributed by atoms with E-state index in [2.05, 4.69) is 30.3 Å². The van der Waals surface area contributed by atoms with Gasteiger partial charge in [-0.3, -0.25) is 0 Å². The van der Waals surface area contributed by atoms with Crippen LogP contribution in [0.5, 0.6) is 5.75 Å². The Kier molecular flexibility index (Phi) is 3.99. The SMILES string of the molecule is CCOc1ccc2cccc(CCCN)c2c1. The lowest BCUT2D eigenvalue weighted by molar-refractivity contribution is 0.340. The van der Waals surface area contributed by atoms with Gasteiger partial charge < -0.3 is 10.5 Å². The summed E-state index contributed by atoms with van der Waals surface area (Å²) < 4.78 is 5.55. The van der Waals surface area contributed by atoms with Gasteiger partial charge in [0.15, 0.2) is 0 Å². The Morgan fingerprint density at radius 3 is 2.82 bits per heavy atom. The van der Waals surface area contributed by atoms with Gasteiger partial charge in [-0.2, -0.15) is 0 Å². The molecule has 0 bridgehead atoms. The molecule has 0 saturated carbocycles. The summed E-state index contributed by atoms with van der Waals surface area (Å²) in [7, 11) is 0. The molecule has 2 aromatic carbocycles. The molecule has 0 unspecified atom stereocenters. The van der Waals surface area contributed by atoms with Gasteiger partial charge in [-0.05, 0) is 54.8 Å². The van der Waals surface area contributed by atoms with Crippen LogP contribution in [0.15, 0.2) is 36.4 Å². The van der Waals surface area contributed by atoms with Gasteiger partial charge in [0.1, 0.15) is 5.75 Å². The van der Waals surface area contributed by atoms with Crippen molar-refractivity contribution in [2.45, 2.75) is 19.8 Å². The molecule has 2 heteroatoms. The smallest absolute Gasteiger partial charge is 0.119 e. The van der Waals surface area contributed by atoms with Gasteiger partial charge in [-0.15, -0.1) is 0 Å². The van der Waals surface area contributed by atoms with E-state index in [-0.39, 0.29) is 0 Å². The molecule has 0 saturated heterocycles. The first-order valence-corrected chi connectivity index (χ1v) is 6.19. The molecular formula is C15H19NO. The van der Waals surface area contributed by atoms with E-state index >= 15 is 0 Å². The van der Waals surface area contributed by atoms with E-state index in [4.69, 9.17) is 10.5 Å². The summed E-state index contributed by atoms with van der Waals surface area (Å²) in [6.45, 7) is 3.45. The molecule has 0 aliphatic carbocycles. The monoisotopic (exact) mass is 229 g/mol. The minimum atomic E-state index is 0.705. The summed E-state index contributed by atoms with van der Waals surface area (Å²) in [5.41, 5.74) is 6.93. The number of fused-ring (bicyclic) bond motifs is 1. The Morgan fingerprint density at radius 2 is 2.06 bits per heavy atom. The summed E-state index contributed by atoms with van der Waals surface area (Å²) in [5, 5.41) is 2.55. The molecule has 0 spiro atoms. The predicted octanol–water partition coefficient (Wildman–Crippen LogP) is 3.13. The van der Waals surface area contributed by atoms with Crippen LogP contribution in [0.3, 0.4) is 0 Å². The highest BCUT2D eigenvalue weighted by atomic mass is 16.5. The molecule has 0 aliphatic heterocycles. The summed E-state index contributed by atoms with van der Waals surface area (Å²) in [5.74, 6) is 0.945. The predicted molar refractivity (Wildman–Crippen MR) is 72.5 cm³/mol. The maximum atomic E-state index is 5.57. The van der Waals surface area contributed by atoms with Crippen molar-refractivity contribution in [2.75, 3.05) is 13.2 Å². The standard InChI is InChI=1S/C15H19NO/c1-2-17-14-9-8-13-6-3-5-12(7-4-10-16)15(13)11-14/h3,5-6,8-9,11H,2,4,7,10,16H2,1H3. The number of benzene rings is 2. The van der Waals surface area contributed by atoms with Gasteiger partial charge in [0.2, 0.25) is 0 Å². The lowest BCUT2D eigenvalue weighted by Gasteiger charge is -2.09. The minimum absolute atomic E-state index is 0.705. The largest absolute Gasteiger partial charge is 0.494 e. The zero-order valence-corrected chi connectivity index (χ0v) is 10.3. The van der Waals surface area contributed by atoms with Crippen LogP contribution in [-0.2, 0) is 6.42 Å². The fourth-order valence-electron chi connectivity index (χ4n) is 2.08. The van der Waals surface area contributed by atoms with E-state index in [1.807, 2.05) is 13.0 Å². The number of hydrogen-bond acceptors (Lipinski definition) is 2. The second-order valence-corrected chi connectivity index (χ2v) is 4.13. The fraction of sp³-hybridized carbons (Fsp3) is 0.333. The normalized spacial score (nSPS) is 10.7. The van der Waals surface area contributed by atoms with E-state index in [0.29, 0.717) is 6.61 Å². The average Bonchev–Trinajstić information content (AvgIpc) is 2.36. The average molecular weight is 229 g/mol. The molecule has 0 radical (unpaired) electrons. The van der Waals surface area contributed by atoms with Crippen molar-refractivity contribution >= 4 is 10.8 Å². The Labute approximate surface area is 102 Å². The fourth-order valence-corrected chi connectivity index (χ4v) is 2.08. The number of rotatable bonds is 5. The molecule has 2 aromatic rings. The topological polar surface area (TPSA) is 35.2 Å². The molecular weight excluding hydrogens is 210 g/mol. The third-order valence-electron chi connectivity index (χ3n) is 2.91. The van der Waals surface area contributed by atoms with Crippen molar-refractivity contribution in [3.8, 4) is 5.75 Å². The maximum Gasteiger partial charge on any atom is 0.119 e. The first-order valence-electron chi connectivity index (χ1n) is 6.19. The van der Waals surface area contributed by atoms with E-state index in [9.17, 15) is 0 Å². The third-order valence-corrected chi connectivity index (χ3v) is 2.91. The van der Waals surface area contributed by atoms with Gasteiger partial charge in [0.25, 0.3) is 0 Å². The number of hydrogen-bond donors (Lipinski definition) is 1. The van der Waals surface area contributed by atoms with Gasteiger partial charge >= 0.3 is 0 Å². The quantitative estimate of drug-likeness (QED) is 0.855. The van der Waals surface area contributed by atoms with Gasteiger partial charge in [-0.1, -0.05) is 24.3 Å². The Morgan fingerprint density at radius 1 is 1.18 bits per heavy atom. The van der Waals surface area contributed by atoms with E-state index in [1.165, 1.54) is 16.3 Å². The van der Waals surface area contributed by atoms with Crippen molar-refractivity contribution < 1.29 is 4.74 Å². The highest BCUT2D eigenvalue weighted by Crippen LogP contribution is 2.25. The van der Waals surface area contributed by atoms with Crippen LogP contribution in [-0.4, -0.2) is 13.2 Å². The molecule has 0 atom stereocenters. The zero-order valence-electron chi connectivity index (χ0n) is 10.3. The van der Waals surface area contributed by atoms with Crippen LogP contribution in [0, 0.1) is 0 Å². The van der Waals surface area contributed by atoms with Crippen molar-refractivity contribution in [2.24, 2.45) is 5.73 Å². The van der Waals surface area contributed by atoms with Crippen LogP contribution >= 0.6 is 0 Å². The van der Waals surface area contributed by atoms with Crippen molar-refractivity contribution in [3.05, 3.63) is 42.0 Å². The molecule has 0 heterocycles.